The second-order valence-electron chi connectivity index (χ2n) is 7.73. The van der Waals surface area contributed by atoms with E-state index >= 15 is 0 Å². The van der Waals surface area contributed by atoms with Crippen molar-refractivity contribution in [2.75, 3.05) is 13.1 Å². The summed E-state index contributed by atoms with van der Waals surface area (Å²) in [5.41, 5.74) is 7.71. The fourth-order valence-electron chi connectivity index (χ4n) is 4.40. The van der Waals surface area contributed by atoms with E-state index < -0.39 is 0 Å². The number of aromatic amines is 1. The molecule has 7 nitrogen and oxygen atoms in total. The maximum absolute atomic E-state index is 12.9. The minimum Gasteiger partial charge on any atom is -0.341 e. The first-order chi connectivity index (χ1) is 13.1. The van der Waals surface area contributed by atoms with Crippen LogP contribution in [0.1, 0.15) is 44.7 Å². The van der Waals surface area contributed by atoms with E-state index in [0.29, 0.717) is 11.6 Å². The summed E-state index contributed by atoms with van der Waals surface area (Å²) in [4.78, 5) is 34.3. The van der Waals surface area contributed by atoms with Crippen molar-refractivity contribution in [3.8, 4) is 0 Å². The highest BCUT2D eigenvalue weighted by atomic mass is 16.2. The third-order valence-electron chi connectivity index (χ3n) is 6.16. The van der Waals surface area contributed by atoms with Crippen LogP contribution in [0.2, 0.25) is 0 Å². The van der Waals surface area contributed by atoms with Gasteiger partial charge in [0, 0.05) is 42.3 Å². The van der Waals surface area contributed by atoms with Crippen LogP contribution in [0.15, 0.2) is 29.2 Å². The zero-order chi connectivity index (χ0) is 19.0. The van der Waals surface area contributed by atoms with E-state index in [1.165, 1.54) is 0 Å². The normalized spacial score (nSPS) is 26.6. The van der Waals surface area contributed by atoms with Crippen LogP contribution in [0, 0.1) is 5.92 Å². The smallest absolute Gasteiger partial charge is 0.274 e. The molecule has 2 fully saturated rings. The van der Waals surface area contributed by atoms with Crippen LogP contribution in [0.3, 0.4) is 0 Å². The minimum absolute atomic E-state index is 0.137. The van der Waals surface area contributed by atoms with E-state index in [-0.39, 0.29) is 29.3 Å². The molecule has 27 heavy (non-hydrogen) atoms. The van der Waals surface area contributed by atoms with E-state index in [1.54, 1.807) is 6.20 Å². The van der Waals surface area contributed by atoms with Crippen molar-refractivity contribution in [1.82, 2.24) is 25.7 Å². The Morgan fingerprint density at radius 3 is 2.78 bits per heavy atom. The van der Waals surface area contributed by atoms with Gasteiger partial charge in [0.2, 0.25) is 5.91 Å². The first-order valence-corrected chi connectivity index (χ1v) is 9.86. The maximum atomic E-state index is 12.9. The Labute approximate surface area is 158 Å². The van der Waals surface area contributed by atoms with Crippen molar-refractivity contribution in [3.63, 3.8) is 0 Å². The molecular formula is C20H27N5O2. The maximum Gasteiger partial charge on any atom is 0.274 e. The van der Waals surface area contributed by atoms with Crippen LogP contribution in [-0.2, 0) is 4.79 Å². The molecule has 0 spiro atoms. The fraction of sp³-hybridized carbons (Fsp3) is 0.550. The summed E-state index contributed by atoms with van der Waals surface area (Å²) < 4.78 is 0. The molecular weight excluding hydrogens is 342 g/mol. The van der Waals surface area contributed by atoms with Crippen LogP contribution >= 0.6 is 0 Å². The molecule has 4 rings (SSSR count). The summed E-state index contributed by atoms with van der Waals surface area (Å²) >= 11 is 0. The van der Waals surface area contributed by atoms with Crippen molar-refractivity contribution in [2.24, 2.45) is 5.92 Å². The summed E-state index contributed by atoms with van der Waals surface area (Å²) in [6, 6.07) is 5.98. The highest BCUT2D eigenvalue weighted by molar-refractivity contribution is 5.82. The number of hydrogen-bond donors (Lipinski definition) is 3. The van der Waals surface area contributed by atoms with Gasteiger partial charge in [0.1, 0.15) is 11.6 Å². The van der Waals surface area contributed by atoms with Gasteiger partial charge in [-0.15, -0.1) is 0 Å². The number of amides is 1. The molecule has 2 aliphatic rings. The van der Waals surface area contributed by atoms with Gasteiger partial charge in [-0.25, -0.2) is 5.43 Å². The minimum atomic E-state index is -0.155. The number of hydrogen-bond acceptors (Lipinski definition) is 5. The molecule has 2 aromatic heterocycles. The van der Waals surface area contributed by atoms with E-state index in [4.69, 9.17) is 0 Å². The molecule has 0 aliphatic carbocycles. The highest BCUT2D eigenvalue weighted by Gasteiger charge is 2.39. The average Bonchev–Trinajstić information content (AvgIpc) is 3.08. The lowest BCUT2D eigenvalue weighted by Crippen LogP contribution is -2.49. The average molecular weight is 369 g/mol. The van der Waals surface area contributed by atoms with Crippen molar-refractivity contribution in [3.05, 3.63) is 40.4 Å². The molecule has 7 heteroatoms. The second kappa shape index (κ2) is 7.40. The van der Waals surface area contributed by atoms with Gasteiger partial charge in [0.15, 0.2) is 0 Å². The number of rotatable bonds is 3. The third kappa shape index (κ3) is 3.37. The van der Waals surface area contributed by atoms with Gasteiger partial charge in [0.25, 0.3) is 5.56 Å². The summed E-state index contributed by atoms with van der Waals surface area (Å²) in [7, 11) is 0. The van der Waals surface area contributed by atoms with Crippen molar-refractivity contribution < 1.29 is 4.79 Å². The largest absolute Gasteiger partial charge is 0.341 e. The fourth-order valence-corrected chi connectivity index (χ4v) is 4.40. The lowest BCUT2D eigenvalue weighted by atomic mass is 9.90. The van der Waals surface area contributed by atoms with Crippen molar-refractivity contribution >= 4 is 16.8 Å². The van der Waals surface area contributed by atoms with Crippen LogP contribution in [-0.4, -0.2) is 45.9 Å². The Balaban J connectivity index is 1.43. The summed E-state index contributed by atoms with van der Waals surface area (Å²) in [6.07, 6.45) is 4.36. The Morgan fingerprint density at radius 1 is 1.30 bits per heavy atom. The highest BCUT2D eigenvalue weighted by Crippen LogP contribution is 2.28. The number of nitrogens with zero attached hydrogens (tertiary/aromatic N) is 2. The number of fused-ring (bicyclic) bond motifs is 1. The van der Waals surface area contributed by atoms with Gasteiger partial charge in [-0.2, -0.15) is 0 Å². The molecule has 144 valence electrons. The van der Waals surface area contributed by atoms with E-state index in [9.17, 15) is 9.59 Å². The summed E-state index contributed by atoms with van der Waals surface area (Å²) in [5, 5.41) is 0.871. The first kappa shape index (κ1) is 18.1. The first-order valence-electron chi connectivity index (χ1n) is 9.86. The van der Waals surface area contributed by atoms with Gasteiger partial charge in [0.05, 0.1) is 0 Å². The molecule has 2 saturated heterocycles. The summed E-state index contributed by atoms with van der Waals surface area (Å²) in [5.74, 6) is 0.729. The number of H-pyrrole nitrogens is 1. The van der Waals surface area contributed by atoms with E-state index in [2.05, 4.69) is 34.7 Å². The lowest BCUT2D eigenvalue weighted by molar-refractivity contribution is -0.135. The summed E-state index contributed by atoms with van der Waals surface area (Å²) in [6.45, 7) is 5.70. The molecule has 0 radical (unpaired) electrons. The van der Waals surface area contributed by atoms with E-state index in [1.807, 2.05) is 23.1 Å². The van der Waals surface area contributed by atoms with E-state index in [0.717, 1.165) is 43.4 Å². The van der Waals surface area contributed by atoms with Gasteiger partial charge in [-0.3, -0.25) is 20.0 Å². The predicted molar refractivity (Wildman–Crippen MR) is 104 cm³/mol. The molecule has 3 unspecified atom stereocenters. The van der Waals surface area contributed by atoms with Crippen LogP contribution in [0.4, 0.5) is 0 Å². The van der Waals surface area contributed by atoms with Gasteiger partial charge >= 0.3 is 0 Å². The zero-order valence-electron chi connectivity index (χ0n) is 15.9. The number of carbonyl (C=O) groups excluding carboxylic acids is 1. The lowest BCUT2D eigenvalue weighted by Gasteiger charge is -2.34. The number of aromatic nitrogens is 2. The molecule has 0 aromatic carbocycles. The molecule has 2 aromatic rings. The van der Waals surface area contributed by atoms with Gasteiger partial charge in [-0.05, 0) is 37.3 Å². The Morgan fingerprint density at radius 2 is 2.07 bits per heavy atom. The SMILES string of the molecule is CCC1NNC(C(=O)N2CCC(c3cc4cccnc4c(=O)[nH]3)CC2)C1C. The predicted octanol–water partition coefficient (Wildman–Crippen LogP) is 1.52. The molecule has 0 saturated carbocycles. The molecule has 4 heterocycles. The molecule has 2 aliphatic heterocycles. The number of hydrazine groups is 1. The molecule has 3 atom stereocenters. The van der Waals surface area contributed by atoms with Gasteiger partial charge in [-0.1, -0.05) is 19.9 Å². The molecule has 3 N–H and O–H groups in total. The number of nitrogens with one attached hydrogen (secondary N) is 3. The van der Waals surface area contributed by atoms with Crippen molar-refractivity contribution in [1.29, 1.82) is 0 Å². The van der Waals surface area contributed by atoms with Crippen LogP contribution < -0.4 is 16.4 Å². The number of pyridine rings is 2. The Hall–Kier alpha value is -2.25. The zero-order valence-corrected chi connectivity index (χ0v) is 15.9. The van der Waals surface area contributed by atoms with Crippen LogP contribution in [0.5, 0.6) is 0 Å². The number of carbonyl (C=O) groups is 1. The Bertz CT molecular complexity index is 887. The van der Waals surface area contributed by atoms with Crippen LogP contribution in [0.25, 0.3) is 10.9 Å². The topological polar surface area (TPSA) is 90.1 Å². The third-order valence-corrected chi connectivity index (χ3v) is 6.16. The number of piperidine rings is 1. The standard InChI is InChI=1S/C20H27N5O2/c1-3-15-12(2)17(24-23-15)20(27)25-9-6-13(7-10-25)16-11-14-5-4-8-21-18(14)19(26)22-16/h4-5,8,11-13,15,17,23-24H,3,6-7,9-10H2,1-2H3,(H,22,26). The monoisotopic (exact) mass is 369 g/mol. The quantitative estimate of drug-likeness (QED) is 0.763. The molecule has 1 amide bonds. The Kier molecular flexibility index (Phi) is 4.97. The van der Waals surface area contributed by atoms with Crippen molar-refractivity contribution in [2.45, 2.75) is 51.1 Å². The number of likely N-dealkylation sites (tertiary alicyclic amines) is 1. The second-order valence-corrected chi connectivity index (χ2v) is 7.73. The van der Waals surface area contributed by atoms with Gasteiger partial charge < -0.3 is 9.88 Å². The molecule has 0 bridgehead atoms.